The third-order valence-corrected chi connectivity index (χ3v) is 3.36. The van der Waals surface area contributed by atoms with Crippen molar-refractivity contribution in [2.45, 2.75) is 0 Å². The van der Waals surface area contributed by atoms with Gasteiger partial charge in [-0.3, -0.25) is 4.98 Å². The summed E-state index contributed by atoms with van der Waals surface area (Å²) in [6.45, 7) is 0.837. The summed E-state index contributed by atoms with van der Waals surface area (Å²) in [6, 6.07) is 15.8. The minimum Gasteiger partial charge on any atom is -0.492 e. The molecule has 1 N–H and O–H groups in total. The predicted molar refractivity (Wildman–Crippen MR) is 86.8 cm³/mol. The van der Waals surface area contributed by atoms with E-state index in [4.69, 9.17) is 4.74 Å². The zero-order valence-electron chi connectivity index (χ0n) is 12.3. The fraction of sp³-hybridized carbons (Fsp3) is 0.111. The van der Waals surface area contributed by atoms with Crippen molar-refractivity contribution in [3.8, 4) is 11.8 Å². The van der Waals surface area contributed by atoms with Gasteiger partial charge in [-0.15, -0.1) is 0 Å². The number of nitrogens with zero attached hydrogens (tertiary/aromatic N) is 2. The van der Waals surface area contributed by atoms with Gasteiger partial charge in [0.05, 0.1) is 16.8 Å². The lowest BCUT2D eigenvalue weighted by Crippen LogP contribution is -2.12. The van der Waals surface area contributed by atoms with Gasteiger partial charge in [-0.2, -0.15) is 5.26 Å². The van der Waals surface area contributed by atoms with Gasteiger partial charge in [0.1, 0.15) is 24.2 Å². The first-order chi connectivity index (χ1) is 11.3. The fourth-order valence-corrected chi connectivity index (χ4v) is 2.32. The van der Waals surface area contributed by atoms with Crippen LogP contribution in [0.25, 0.3) is 10.9 Å². The summed E-state index contributed by atoms with van der Waals surface area (Å²) in [7, 11) is 0. The summed E-state index contributed by atoms with van der Waals surface area (Å²) in [5, 5.41) is 13.3. The number of para-hydroxylation sites is 1. The van der Waals surface area contributed by atoms with E-state index in [-0.39, 0.29) is 5.82 Å². The molecule has 0 atom stereocenters. The Balaban J connectivity index is 1.71. The first-order valence-electron chi connectivity index (χ1n) is 7.18. The number of aromatic nitrogens is 1. The number of pyridine rings is 1. The molecule has 5 heteroatoms. The average molecular weight is 307 g/mol. The van der Waals surface area contributed by atoms with Gasteiger partial charge in [-0.25, -0.2) is 4.39 Å². The fourth-order valence-electron chi connectivity index (χ4n) is 2.32. The van der Waals surface area contributed by atoms with Crippen molar-refractivity contribution >= 4 is 16.6 Å². The first-order valence-corrected chi connectivity index (χ1v) is 7.18. The van der Waals surface area contributed by atoms with Crippen LogP contribution >= 0.6 is 0 Å². The normalized spacial score (nSPS) is 10.3. The highest BCUT2D eigenvalue weighted by Crippen LogP contribution is 2.25. The van der Waals surface area contributed by atoms with Crippen LogP contribution in [-0.4, -0.2) is 18.1 Å². The Kier molecular flexibility index (Phi) is 4.34. The van der Waals surface area contributed by atoms with Crippen molar-refractivity contribution in [3.05, 3.63) is 66.1 Å². The number of rotatable bonds is 5. The molecule has 0 aliphatic carbocycles. The highest BCUT2D eigenvalue weighted by Gasteiger charge is 2.07. The number of hydrogen-bond acceptors (Lipinski definition) is 4. The molecule has 2 aromatic carbocycles. The van der Waals surface area contributed by atoms with Crippen LogP contribution in [0.5, 0.6) is 5.75 Å². The van der Waals surface area contributed by atoms with Gasteiger partial charge < -0.3 is 10.1 Å². The Morgan fingerprint density at radius 3 is 2.87 bits per heavy atom. The zero-order chi connectivity index (χ0) is 16.1. The van der Waals surface area contributed by atoms with Crippen molar-refractivity contribution < 1.29 is 9.13 Å². The number of fused-ring (bicyclic) bond motifs is 1. The van der Waals surface area contributed by atoms with E-state index in [1.54, 1.807) is 18.3 Å². The molecule has 0 amide bonds. The van der Waals surface area contributed by atoms with E-state index in [1.807, 2.05) is 24.3 Å². The van der Waals surface area contributed by atoms with Crippen molar-refractivity contribution in [1.29, 1.82) is 5.26 Å². The van der Waals surface area contributed by atoms with Gasteiger partial charge in [-0.05, 0) is 18.2 Å². The lowest BCUT2D eigenvalue weighted by Gasteiger charge is -2.12. The molecule has 0 bridgehead atoms. The lowest BCUT2D eigenvalue weighted by molar-refractivity contribution is 0.331. The molecule has 0 saturated carbocycles. The SMILES string of the molecule is N#Cc1cnc2ccccc2c1NCCOc1cccc(F)c1. The van der Waals surface area contributed by atoms with Gasteiger partial charge in [0.25, 0.3) is 0 Å². The van der Waals surface area contributed by atoms with Crippen LogP contribution in [0, 0.1) is 17.1 Å². The first kappa shape index (κ1) is 14.8. The summed E-state index contributed by atoms with van der Waals surface area (Å²) in [5.74, 6) is 0.147. The molecule has 0 unspecified atom stereocenters. The summed E-state index contributed by atoms with van der Waals surface area (Å²) < 4.78 is 18.6. The Hall–Kier alpha value is -3.13. The maximum absolute atomic E-state index is 13.1. The molecule has 3 aromatic rings. The maximum atomic E-state index is 13.1. The van der Waals surface area contributed by atoms with Crippen LogP contribution in [0.1, 0.15) is 5.56 Å². The Labute approximate surface area is 133 Å². The standard InChI is InChI=1S/C18H14FN3O/c19-14-4-3-5-15(10-14)23-9-8-21-18-13(11-20)12-22-17-7-2-1-6-16(17)18/h1-7,10,12H,8-9H2,(H,21,22). The largest absolute Gasteiger partial charge is 0.492 e. The second-order valence-corrected chi connectivity index (χ2v) is 4.91. The molecule has 0 radical (unpaired) electrons. The number of benzene rings is 2. The van der Waals surface area contributed by atoms with Gasteiger partial charge in [0.2, 0.25) is 0 Å². The molecule has 114 valence electrons. The summed E-state index contributed by atoms with van der Waals surface area (Å²) in [6.07, 6.45) is 1.55. The van der Waals surface area contributed by atoms with E-state index in [0.29, 0.717) is 24.5 Å². The van der Waals surface area contributed by atoms with Crippen molar-refractivity contribution in [2.75, 3.05) is 18.5 Å². The summed E-state index contributed by atoms with van der Waals surface area (Å²) in [4.78, 5) is 4.26. The molecule has 0 aliphatic rings. The molecule has 4 nitrogen and oxygen atoms in total. The number of hydrogen-bond donors (Lipinski definition) is 1. The van der Waals surface area contributed by atoms with Crippen LogP contribution in [0.15, 0.2) is 54.7 Å². The quantitative estimate of drug-likeness (QED) is 0.730. The second kappa shape index (κ2) is 6.75. The number of nitrogens with one attached hydrogen (secondary N) is 1. The lowest BCUT2D eigenvalue weighted by atomic mass is 10.1. The highest BCUT2D eigenvalue weighted by atomic mass is 19.1. The Morgan fingerprint density at radius 2 is 2.04 bits per heavy atom. The van der Waals surface area contributed by atoms with E-state index in [2.05, 4.69) is 16.4 Å². The van der Waals surface area contributed by atoms with E-state index >= 15 is 0 Å². The molecule has 0 aliphatic heterocycles. The van der Waals surface area contributed by atoms with E-state index < -0.39 is 0 Å². The Bertz CT molecular complexity index is 874. The van der Waals surface area contributed by atoms with Gasteiger partial charge in [0.15, 0.2) is 0 Å². The molecular weight excluding hydrogens is 293 g/mol. The van der Waals surface area contributed by atoms with Crippen LogP contribution in [0.2, 0.25) is 0 Å². The van der Waals surface area contributed by atoms with Crippen LogP contribution in [-0.2, 0) is 0 Å². The van der Waals surface area contributed by atoms with Crippen molar-refractivity contribution in [3.63, 3.8) is 0 Å². The number of anilines is 1. The van der Waals surface area contributed by atoms with Crippen LogP contribution < -0.4 is 10.1 Å². The molecule has 3 rings (SSSR count). The van der Waals surface area contributed by atoms with E-state index in [9.17, 15) is 9.65 Å². The predicted octanol–water partition coefficient (Wildman–Crippen LogP) is 3.74. The Morgan fingerprint density at radius 1 is 1.17 bits per heavy atom. The van der Waals surface area contributed by atoms with Gasteiger partial charge >= 0.3 is 0 Å². The van der Waals surface area contributed by atoms with Crippen LogP contribution in [0.3, 0.4) is 0 Å². The average Bonchev–Trinajstić information content (AvgIpc) is 2.58. The minimum absolute atomic E-state index is 0.331. The molecular formula is C18H14FN3O. The third kappa shape index (κ3) is 3.38. The van der Waals surface area contributed by atoms with E-state index in [0.717, 1.165) is 16.6 Å². The van der Waals surface area contributed by atoms with Crippen molar-refractivity contribution in [1.82, 2.24) is 4.98 Å². The highest BCUT2D eigenvalue weighted by molar-refractivity contribution is 5.93. The summed E-state index contributed by atoms with van der Waals surface area (Å²) in [5.41, 5.74) is 2.04. The topological polar surface area (TPSA) is 57.9 Å². The smallest absolute Gasteiger partial charge is 0.126 e. The van der Waals surface area contributed by atoms with Crippen LogP contribution in [0.4, 0.5) is 10.1 Å². The monoisotopic (exact) mass is 307 g/mol. The molecule has 1 aromatic heterocycles. The molecule has 1 heterocycles. The number of ether oxygens (including phenoxy) is 1. The number of nitriles is 1. The van der Waals surface area contributed by atoms with Gasteiger partial charge in [0, 0.05) is 24.2 Å². The summed E-state index contributed by atoms with van der Waals surface area (Å²) >= 11 is 0. The second-order valence-electron chi connectivity index (χ2n) is 4.91. The third-order valence-electron chi connectivity index (χ3n) is 3.36. The molecule has 23 heavy (non-hydrogen) atoms. The van der Waals surface area contributed by atoms with Gasteiger partial charge in [-0.1, -0.05) is 24.3 Å². The van der Waals surface area contributed by atoms with Crippen molar-refractivity contribution in [2.24, 2.45) is 0 Å². The zero-order valence-corrected chi connectivity index (χ0v) is 12.3. The minimum atomic E-state index is -0.331. The molecule has 0 fully saturated rings. The number of halogens is 1. The maximum Gasteiger partial charge on any atom is 0.126 e. The molecule has 0 spiro atoms. The molecule has 0 saturated heterocycles. The van der Waals surface area contributed by atoms with E-state index in [1.165, 1.54) is 12.1 Å².